The van der Waals surface area contributed by atoms with Crippen LogP contribution in [-0.4, -0.2) is 47.4 Å². The number of aliphatic hydroxyl groups is 1. The Bertz CT molecular complexity index is 386. The Morgan fingerprint density at radius 3 is 3.06 bits per heavy atom. The molecule has 3 N–H and O–H groups in total. The first-order valence-electron chi connectivity index (χ1n) is 5.80. The summed E-state index contributed by atoms with van der Waals surface area (Å²) >= 11 is 0. The van der Waals surface area contributed by atoms with Gasteiger partial charge >= 0.3 is 0 Å². The van der Waals surface area contributed by atoms with Crippen molar-refractivity contribution < 1.29 is 9.84 Å². The largest absolute Gasteiger partial charge is 0.476 e. The van der Waals surface area contributed by atoms with Gasteiger partial charge in [0.25, 0.3) is 0 Å². The Balaban J connectivity index is 2.13. The Kier molecular flexibility index (Phi) is 3.75. The van der Waals surface area contributed by atoms with Crippen LogP contribution in [0.1, 0.15) is 12.2 Å². The number of nitrogens with zero attached hydrogens (tertiary/aromatic N) is 3. The van der Waals surface area contributed by atoms with Crippen LogP contribution in [-0.2, 0) is 0 Å². The van der Waals surface area contributed by atoms with E-state index in [0.717, 1.165) is 18.8 Å². The highest BCUT2D eigenvalue weighted by Gasteiger charge is 2.22. The van der Waals surface area contributed by atoms with E-state index in [-0.39, 0.29) is 6.10 Å². The number of β-amino-alcohol motifs (C(OH)–C–C–N with tert-alkyl or cyclic N) is 1. The second-order valence-corrected chi connectivity index (χ2v) is 4.14. The van der Waals surface area contributed by atoms with Crippen LogP contribution >= 0.6 is 0 Å². The number of aryl methyl sites for hydroxylation is 1. The molecular weight excluding hydrogens is 220 g/mol. The van der Waals surface area contributed by atoms with E-state index >= 15 is 0 Å². The third kappa shape index (κ3) is 3.04. The van der Waals surface area contributed by atoms with Crippen LogP contribution < -0.4 is 15.4 Å². The molecule has 6 nitrogen and oxygen atoms in total. The molecule has 0 spiro atoms. The van der Waals surface area contributed by atoms with Gasteiger partial charge in [-0.3, -0.25) is 0 Å². The Morgan fingerprint density at radius 1 is 1.59 bits per heavy atom. The summed E-state index contributed by atoms with van der Waals surface area (Å²) in [4.78, 5) is 10.6. The minimum atomic E-state index is -0.265. The summed E-state index contributed by atoms with van der Waals surface area (Å²) in [7, 11) is 0. The number of nitrogens with two attached hydrogens (primary N) is 1. The zero-order chi connectivity index (χ0) is 12.3. The highest BCUT2D eigenvalue weighted by Crippen LogP contribution is 2.21. The first-order valence-corrected chi connectivity index (χ1v) is 5.80. The van der Waals surface area contributed by atoms with Crippen molar-refractivity contribution in [3.05, 3.63) is 11.9 Å². The lowest BCUT2D eigenvalue weighted by Crippen LogP contribution is -2.23. The third-order valence-electron chi connectivity index (χ3n) is 2.66. The maximum atomic E-state index is 9.51. The lowest BCUT2D eigenvalue weighted by molar-refractivity contribution is 0.198. The molecule has 6 heteroatoms. The normalized spacial score (nSPS) is 19.7. The van der Waals surface area contributed by atoms with Gasteiger partial charge in [-0.05, 0) is 13.3 Å². The molecule has 1 aliphatic heterocycles. The fourth-order valence-corrected chi connectivity index (χ4v) is 1.87. The number of aromatic nitrogens is 2. The molecule has 0 radical (unpaired) electrons. The van der Waals surface area contributed by atoms with Crippen LogP contribution in [0.2, 0.25) is 0 Å². The van der Waals surface area contributed by atoms with Gasteiger partial charge in [-0.15, -0.1) is 0 Å². The first-order chi connectivity index (χ1) is 8.19. The fraction of sp³-hybridized carbons (Fsp3) is 0.636. The number of ether oxygens (including phenoxy) is 1. The van der Waals surface area contributed by atoms with E-state index in [0.29, 0.717) is 31.4 Å². The van der Waals surface area contributed by atoms with E-state index in [1.165, 1.54) is 0 Å². The predicted molar refractivity (Wildman–Crippen MR) is 64.2 cm³/mol. The Hall–Kier alpha value is -1.40. The predicted octanol–water partition coefficient (Wildman–Crippen LogP) is -0.306. The average Bonchev–Trinajstić information content (AvgIpc) is 2.72. The maximum Gasteiger partial charge on any atom is 0.218 e. The van der Waals surface area contributed by atoms with Crippen molar-refractivity contribution >= 4 is 5.82 Å². The molecule has 1 aromatic heterocycles. The molecule has 2 heterocycles. The van der Waals surface area contributed by atoms with E-state index in [9.17, 15) is 5.11 Å². The smallest absolute Gasteiger partial charge is 0.218 e. The standard InChI is InChI=1S/C11H18N4O2/c1-8-13-10(15-4-2-9(16)7-15)6-11(14-8)17-5-3-12/h6,9,16H,2-5,7,12H2,1H3/t9-/m1/s1. The molecule has 1 aromatic rings. The van der Waals surface area contributed by atoms with Gasteiger partial charge in [0.2, 0.25) is 5.88 Å². The van der Waals surface area contributed by atoms with Gasteiger partial charge in [-0.25, -0.2) is 4.98 Å². The molecule has 1 atom stereocenters. The van der Waals surface area contributed by atoms with E-state index < -0.39 is 0 Å². The zero-order valence-electron chi connectivity index (χ0n) is 9.96. The summed E-state index contributed by atoms with van der Waals surface area (Å²) in [5.74, 6) is 2.01. The van der Waals surface area contributed by atoms with Gasteiger partial charge in [0, 0.05) is 25.7 Å². The minimum Gasteiger partial charge on any atom is -0.476 e. The molecular formula is C11H18N4O2. The number of hydrogen-bond donors (Lipinski definition) is 2. The fourth-order valence-electron chi connectivity index (χ4n) is 1.87. The number of rotatable bonds is 4. The topological polar surface area (TPSA) is 84.5 Å². The highest BCUT2D eigenvalue weighted by atomic mass is 16.5. The molecule has 0 unspecified atom stereocenters. The van der Waals surface area contributed by atoms with Gasteiger partial charge in [-0.2, -0.15) is 4.98 Å². The summed E-state index contributed by atoms with van der Waals surface area (Å²) in [6.07, 6.45) is 0.515. The van der Waals surface area contributed by atoms with Crippen LogP contribution in [0.4, 0.5) is 5.82 Å². The van der Waals surface area contributed by atoms with Crippen molar-refractivity contribution in [2.24, 2.45) is 5.73 Å². The summed E-state index contributed by atoms with van der Waals surface area (Å²) in [5, 5.41) is 9.51. The molecule has 1 fully saturated rings. The van der Waals surface area contributed by atoms with Gasteiger partial charge in [0.05, 0.1) is 6.10 Å². The van der Waals surface area contributed by atoms with Gasteiger partial charge in [-0.1, -0.05) is 0 Å². The number of anilines is 1. The molecule has 0 aliphatic carbocycles. The molecule has 1 saturated heterocycles. The van der Waals surface area contributed by atoms with Crippen molar-refractivity contribution in [2.75, 3.05) is 31.1 Å². The van der Waals surface area contributed by atoms with Crippen LogP contribution in [0.15, 0.2) is 6.07 Å². The second-order valence-electron chi connectivity index (χ2n) is 4.14. The van der Waals surface area contributed by atoms with E-state index in [2.05, 4.69) is 9.97 Å². The molecule has 17 heavy (non-hydrogen) atoms. The molecule has 0 aromatic carbocycles. The van der Waals surface area contributed by atoms with E-state index in [4.69, 9.17) is 10.5 Å². The lowest BCUT2D eigenvalue weighted by atomic mass is 10.3. The number of hydrogen-bond acceptors (Lipinski definition) is 6. The molecule has 0 amide bonds. The van der Waals surface area contributed by atoms with Crippen LogP contribution in [0.3, 0.4) is 0 Å². The highest BCUT2D eigenvalue weighted by molar-refractivity contribution is 5.43. The van der Waals surface area contributed by atoms with E-state index in [1.54, 1.807) is 6.07 Å². The monoisotopic (exact) mass is 238 g/mol. The quantitative estimate of drug-likeness (QED) is 0.748. The van der Waals surface area contributed by atoms with Crippen LogP contribution in [0.5, 0.6) is 5.88 Å². The summed E-state index contributed by atoms with van der Waals surface area (Å²) in [6, 6.07) is 1.79. The van der Waals surface area contributed by atoms with Crippen LogP contribution in [0, 0.1) is 6.92 Å². The van der Waals surface area contributed by atoms with Crippen molar-refractivity contribution in [2.45, 2.75) is 19.4 Å². The lowest BCUT2D eigenvalue weighted by Gasteiger charge is -2.17. The minimum absolute atomic E-state index is 0.265. The van der Waals surface area contributed by atoms with Crippen molar-refractivity contribution in [1.29, 1.82) is 0 Å². The van der Waals surface area contributed by atoms with Gasteiger partial charge < -0.3 is 20.5 Å². The van der Waals surface area contributed by atoms with Crippen molar-refractivity contribution in [3.63, 3.8) is 0 Å². The molecule has 1 aliphatic rings. The Morgan fingerprint density at radius 2 is 2.41 bits per heavy atom. The SMILES string of the molecule is Cc1nc(OCCN)cc(N2CC[C@@H](O)C2)n1. The van der Waals surface area contributed by atoms with E-state index in [1.807, 2.05) is 11.8 Å². The summed E-state index contributed by atoms with van der Waals surface area (Å²) < 4.78 is 5.40. The average molecular weight is 238 g/mol. The Labute approximate surface area is 100 Å². The summed E-state index contributed by atoms with van der Waals surface area (Å²) in [6.45, 7) is 4.16. The van der Waals surface area contributed by atoms with Gasteiger partial charge in [0.15, 0.2) is 0 Å². The first kappa shape index (κ1) is 12.1. The van der Waals surface area contributed by atoms with Crippen molar-refractivity contribution in [3.8, 4) is 5.88 Å². The summed E-state index contributed by atoms with van der Waals surface area (Å²) in [5.41, 5.74) is 5.38. The molecule has 94 valence electrons. The zero-order valence-corrected chi connectivity index (χ0v) is 9.96. The molecule has 0 saturated carbocycles. The molecule has 2 rings (SSSR count). The molecule has 0 bridgehead atoms. The number of aliphatic hydroxyl groups excluding tert-OH is 1. The second kappa shape index (κ2) is 5.29. The van der Waals surface area contributed by atoms with Crippen molar-refractivity contribution in [1.82, 2.24) is 9.97 Å². The van der Waals surface area contributed by atoms with Crippen LogP contribution in [0.25, 0.3) is 0 Å². The maximum absolute atomic E-state index is 9.51. The van der Waals surface area contributed by atoms with Gasteiger partial charge in [0.1, 0.15) is 18.2 Å². The third-order valence-corrected chi connectivity index (χ3v) is 2.66.